The average Bonchev–Trinajstić information content (AvgIpc) is 2.36. The Hall–Kier alpha value is -1.79. The normalized spacial score (nSPS) is 23.6. The van der Waals surface area contributed by atoms with Crippen molar-refractivity contribution in [1.29, 1.82) is 0 Å². The van der Waals surface area contributed by atoms with Crippen LogP contribution in [0, 0.1) is 11.8 Å². The van der Waals surface area contributed by atoms with Gasteiger partial charge in [0.05, 0.1) is 6.42 Å². The molecule has 1 fully saturated rings. The fraction of sp³-hybridized carbons (Fsp3) is 0.769. The summed E-state index contributed by atoms with van der Waals surface area (Å²) in [5, 5.41) is 22.2. The van der Waals surface area contributed by atoms with Crippen molar-refractivity contribution in [2.45, 2.75) is 45.1 Å². The number of amides is 2. The Balaban J connectivity index is 2.31. The second-order valence-electron chi connectivity index (χ2n) is 5.47. The van der Waals surface area contributed by atoms with Gasteiger partial charge in [0.2, 0.25) is 0 Å². The Morgan fingerprint density at radius 2 is 1.75 bits per heavy atom. The lowest BCUT2D eigenvalue weighted by Gasteiger charge is -2.26. The number of hydrogen-bond donors (Lipinski definition) is 4. The maximum atomic E-state index is 11.6. The molecule has 1 rings (SSSR count). The Labute approximate surface area is 117 Å². The van der Waals surface area contributed by atoms with E-state index in [0.29, 0.717) is 12.5 Å². The number of aliphatic carboxylic acids is 2. The van der Waals surface area contributed by atoms with E-state index in [9.17, 15) is 14.4 Å². The van der Waals surface area contributed by atoms with E-state index in [1.807, 2.05) is 0 Å². The summed E-state index contributed by atoms with van der Waals surface area (Å²) in [5.41, 5.74) is 0. The molecule has 0 aliphatic heterocycles. The molecule has 20 heavy (non-hydrogen) atoms. The second-order valence-corrected chi connectivity index (χ2v) is 5.47. The molecule has 0 aromatic heterocycles. The first-order chi connectivity index (χ1) is 9.38. The maximum Gasteiger partial charge on any atom is 0.326 e. The molecular weight excluding hydrogens is 264 g/mol. The third-order valence-electron chi connectivity index (χ3n) is 3.67. The fourth-order valence-corrected chi connectivity index (χ4v) is 2.35. The summed E-state index contributed by atoms with van der Waals surface area (Å²) in [4.78, 5) is 32.9. The zero-order chi connectivity index (χ0) is 15.1. The van der Waals surface area contributed by atoms with E-state index in [1.165, 1.54) is 0 Å². The molecule has 0 spiro atoms. The molecule has 7 nitrogen and oxygen atoms in total. The smallest absolute Gasteiger partial charge is 0.326 e. The SMILES string of the molecule is CC1CCC(CNC(=O)N[C@H](CC(=O)O)C(=O)O)CC1. The Morgan fingerprint density at radius 3 is 2.25 bits per heavy atom. The molecule has 114 valence electrons. The third kappa shape index (κ3) is 5.90. The van der Waals surface area contributed by atoms with Crippen molar-refractivity contribution in [3.05, 3.63) is 0 Å². The van der Waals surface area contributed by atoms with Crippen LogP contribution >= 0.6 is 0 Å². The molecule has 1 atom stereocenters. The molecule has 0 aromatic carbocycles. The number of carbonyl (C=O) groups is 3. The summed E-state index contributed by atoms with van der Waals surface area (Å²) >= 11 is 0. The maximum absolute atomic E-state index is 11.6. The fourth-order valence-electron chi connectivity index (χ4n) is 2.35. The predicted molar refractivity (Wildman–Crippen MR) is 71.3 cm³/mol. The summed E-state index contributed by atoms with van der Waals surface area (Å²) in [6.07, 6.45) is 3.76. The van der Waals surface area contributed by atoms with Crippen LogP contribution in [-0.4, -0.2) is 40.8 Å². The average molecular weight is 286 g/mol. The minimum atomic E-state index is -1.40. The minimum absolute atomic E-state index is 0.416. The van der Waals surface area contributed by atoms with Gasteiger partial charge in [-0.15, -0.1) is 0 Å². The highest BCUT2D eigenvalue weighted by Gasteiger charge is 2.24. The molecule has 0 heterocycles. The van der Waals surface area contributed by atoms with Crippen molar-refractivity contribution in [1.82, 2.24) is 10.6 Å². The molecule has 2 amide bonds. The molecule has 0 aromatic rings. The molecule has 1 aliphatic carbocycles. The molecule has 4 N–H and O–H groups in total. The number of urea groups is 1. The van der Waals surface area contributed by atoms with Crippen LogP contribution in [0.3, 0.4) is 0 Å². The van der Waals surface area contributed by atoms with Gasteiger partial charge in [-0.1, -0.05) is 19.8 Å². The van der Waals surface area contributed by atoms with Gasteiger partial charge in [0, 0.05) is 6.54 Å². The van der Waals surface area contributed by atoms with Crippen LogP contribution in [0.5, 0.6) is 0 Å². The van der Waals surface area contributed by atoms with Crippen LogP contribution in [0.4, 0.5) is 4.79 Å². The zero-order valence-corrected chi connectivity index (χ0v) is 11.6. The van der Waals surface area contributed by atoms with E-state index in [0.717, 1.165) is 31.6 Å². The number of hydrogen-bond acceptors (Lipinski definition) is 3. The highest BCUT2D eigenvalue weighted by atomic mass is 16.4. The van der Waals surface area contributed by atoms with Crippen molar-refractivity contribution in [3.63, 3.8) is 0 Å². The Bertz CT molecular complexity index is 364. The third-order valence-corrected chi connectivity index (χ3v) is 3.67. The topological polar surface area (TPSA) is 116 Å². The van der Waals surface area contributed by atoms with Gasteiger partial charge in [-0.25, -0.2) is 9.59 Å². The van der Waals surface area contributed by atoms with Gasteiger partial charge in [-0.2, -0.15) is 0 Å². The van der Waals surface area contributed by atoms with Crippen LogP contribution in [0.1, 0.15) is 39.0 Å². The monoisotopic (exact) mass is 286 g/mol. The number of carboxylic acid groups (broad SMARTS) is 2. The Kier molecular flexibility index (Phi) is 6.27. The largest absolute Gasteiger partial charge is 0.481 e. The summed E-state index contributed by atoms with van der Waals surface area (Å²) in [7, 11) is 0. The Morgan fingerprint density at radius 1 is 1.15 bits per heavy atom. The van der Waals surface area contributed by atoms with Gasteiger partial charge >= 0.3 is 18.0 Å². The van der Waals surface area contributed by atoms with E-state index < -0.39 is 30.4 Å². The first kappa shape index (κ1) is 16.3. The highest BCUT2D eigenvalue weighted by molar-refractivity contribution is 5.86. The molecule has 0 unspecified atom stereocenters. The van der Waals surface area contributed by atoms with Crippen LogP contribution in [-0.2, 0) is 9.59 Å². The molecule has 1 aliphatic rings. The molecule has 0 saturated heterocycles. The first-order valence-corrected chi connectivity index (χ1v) is 6.87. The molecular formula is C13H22N2O5. The van der Waals surface area contributed by atoms with Crippen LogP contribution in [0.25, 0.3) is 0 Å². The van der Waals surface area contributed by atoms with Crippen LogP contribution < -0.4 is 10.6 Å². The number of rotatable bonds is 6. The summed E-state index contributed by atoms with van der Waals surface area (Å²) in [5.74, 6) is -1.47. The van der Waals surface area contributed by atoms with Crippen LogP contribution in [0.15, 0.2) is 0 Å². The van der Waals surface area contributed by atoms with Gasteiger partial charge in [-0.3, -0.25) is 4.79 Å². The van der Waals surface area contributed by atoms with E-state index in [1.54, 1.807) is 0 Å². The quantitative estimate of drug-likeness (QED) is 0.582. The van der Waals surface area contributed by atoms with Gasteiger partial charge in [0.25, 0.3) is 0 Å². The van der Waals surface area contributed by atoms with E-state index >= 15 is 0 Å². The lowest BCUT2D eigenvalue weighted by atomic mass is 9.83. The van der Waals surface area contributed by atoms with Crippen molar-refractivity contribution < 1.29 is 24.6 Å². The molecule has 0 bridgehead atoms. The van der Waals surface area contributed by atoms with E-state index in [2.05, 4.69) is 17.6 Å². The lowest BCUT2D eigenvalue weighted by Crippen LogP contribution is -2.48. The summed E-state index contributed by atoms with van der Waals surface area (Å²) < 4.78 is 0. The van der Waals surface area contributed by atoms with Crippen molar-refractivity contribution >= 4 is 18.0 Å². The lowest BCUT2D eigenvalue weighted by molar-refractivity contribution is -0.145. The summed E-state index contributed by atoms with van der Waals surface area (Å²) in [6.45, 7) is 2.71. The molecule has 0 radical (unpaired) electrons. The predicted octanol–water partition coefficient (Wildman–Crippen LogP) is 1.04. The van der Waals surface area contributed by atoms with Crippen molar-refractivity contribution in [2.75, 3.05) is 6.54 Å². The van der Waals surface area contributed by atoms with Gasteiger partial charge in [-0.05, 0) is 24.7 Å². The van der Waals surface area contributed by atoms with Crippen LogP contribution in [0.2, 0.25) is 0 Å². The van der Waals surface area contributed by atoms with Crippen molar-refractivity contribution in [3.8, 4) is 0 Å². The molecule has 1 saturated carbocycles. The first-order valence-electron chi connectivity index (χ1n) is 6.87. The standard InChI is InChI=1S/C13H22N2O5/c1-8-2-4-9(5-3-8)7-14-13(20)15-10(12(18)19)6-11(16)17/h8-10H,2-7H2,1H3,(H,16,17)(H,18,19)(H2,14,15,20)/t8?,9?,10-/m1/s1. The minimum Gasteiger partial charge on any atom is -0.481 e. The van der Waals surface area contributed by atoms with Gasteiger partial charge < -0.3 is 20.8 Å². The van der Waals surface area contributed by atoms with E-state index in [-0.39, 0.29) is 0 Å². The number of carboxylic acids is 2. The van der Waals surface area contributed by atoms with E-state index in [4.69, 9.17) is 10.2 Å². The number of carbonyl (C=O) groups excluding carboxylic acids is 1. The zero-order valence-electron chi connectivity index (χ0n) is 11.6. The number of nitrogens with one attached hydrogen (secondary N) is 2. The second kappa shape index (κ2) is 7.72. The molecule has 7 heteroatoms. The van der Waals surface area contributed by atoms with Crippen molar-refractivity contribution in [2.24, 2.45) is 11.8 Å². The summed E-state index contributed by atoms with van der Waals surface area (Å²) in [6, 6.07) is -2.03. The highest BCUT2D eigenvalue weighted by Crippen LogP contribution is 2.27. The van der Waals surface area contributed by atoms with Gasteiger partial charge in [0.15, 0.2) is 0 Å². The van der Waals surface area contributed by atoms with Gasteiger partial charge in [0.1, 0.15) is 6.04 Å².